The van der Waals surface area contributed by atoms with E-state index >= 15 is 0 Å². The number of hydrogen-bond donors (Lipinski definition) is 1. The van der Waals surface area contributed by atoms with Gasteiger partial charge in [0.05, 0.1) is 14.2 Å². The second-order valence-corrected chi connectivity index (χ2v) is 6.29. The van der Waals surface area contributed by atoms with Crippen LogP contribution in [0.1, 0.15) is 11.1 Å². The quantitative estimate of drug-likeness (QED) is 0.297. The number of methoxy groups -OCH3 is 2. The minimum atomic E-state index is -2.84. The Hall–Kier alpha value is -2.30. The summed E-state index contributed by atoms with van der Waals surface area (Å²) in [7, 11) is 6.86. The van der Waals surface area contributed by atoms with Gasteiger partial charge in [-0.25, -0.2) is 0 Å². The third kappa shape index (κ3) is 7.85. The van der Waals surface area contributed by atoms with E-state index in [-0.39, 0.29) is 29.7 Å². The zero-order chi connectivity index (χ0) is 21.2. The van der Waals surface area contributed by atoms with E-state index in [0.717, 1.165) is 24.1 Å². The van der Waals surface area contributed by atoms with Crippen LogP contribution >= 0.6 is 24.0 Å². The van der Waals surface area contributed by atoms with Gasteiger partial charge in [0.25, 0.3) is 0 Å². The first-order valence-corrected chi connectivity index (χ1v) is 9.13. The minimum Gasteiger partial charge on any atom is -0.493 e. The topological polar surface area (TPSA) is 55.3 Å². The van der Waals surface area contributed by atoms with Crippen LogP contribution < -0.4 is 19.5 Å². The monoisotopic (exact) mass is 535 g/mol. The van der Waals surface area contributed by atoms with Crippen LogP contribution in [0.3, 0.4) is 0 Å². The Labute approximate surface area is 193 Å². The molecular formula is C21H28F2IN3O3. The number of guanidine groups is 1. The molecule has 30 heavy (non-hydrogen) atoms. The molecule has 2 rings (SSSR count). The molecule has 0 saturated heterocycles. The summed E-state index contributed by atoms with van der Waals surface area (Å²) in [6, 6.07) is 12.4. The van der Waals surface area contributed by atoms with Crippen LogP contribution in [-0.2, 0) is 13.0 Å². The van der Waals surface area contributed by atoms with Crippen molar-refractivity contribution in [3.05, 3.63) is 53.6 Å². The van der Waals surface area contributed by atoms with Crippen LogP contribution in [0.5, 0.6) is 17.2 Å². The summed E-state index contributed by atoms with van der Waals surface area (Å²) in [4.78, 5) is 6.28. The molecule has 0 unspecified atom stereocenters. The van der Waals surface area contributed by atoms with Crippen molar-refractivity contribution in [3.8, 4) is 17.2 Å². The van der Waals surface area contributed by atoms with E-state index in [1.807, 2.05) is 36.2 Å². The highest BCUT2D eigenvalue weighted by Gasteiger charge is 2.09. The van der Waals surface area contributed by atoms with Gasteiger partial charge in [-0.3, -0.25) is 4.99 Å². The summed E-state index contributed by atoms with van der Waals surface area (Å²) in [6.45, 7) is -1.67. The van der Waals surface area contributed by atoms with Gasteiger partial charge < -0.3 is 24.4 Å². The zero-order valence-electron chi connectivity index (χ0n) is 17.5. The Morgan fingerprint density at radius 1 is 1.07 bits per heavy atom. The molecule has 0 bridgehead atoms. The Morgan fingerprint density at radius 3 is 2.43 bits per heavy atom. The van der Waals surface area contributed by atoms with Crippen molar-refractivity contribution in [3.63, 3.8) is 0 Å². The van der Waals surface area contributed by atoms with Crippen molar-refractivity contribution in [1.82, 2.24) is 10.2 Å². The molecule has 0 atom stereocenters. The van der Waals surface area contributed by atoms with Gasteiger partial charge in [-0.2, -0.15) is 8.78 Å². The number of nitrogens with zero attached hydrogens (tertiary/aromatic N) is 2. The van der Waals surface area contributed by atoms with Gasteiger partial charge in [-0.1, -0.05) is 18.2 Å². The van der Waals surface area contributed by atoms with Crippen LogP contribution in [0, 0.1) is 0 Å². The molecule has 2 aromatic carbocycles. The lowest BCUT2D eigenvalue weighted by Crippen LogP contribution is -2.39. The van der Waals surface area contributed by atoms with Crippen LogP contribution in [0.2, 0.25) is 0 Å². The first-order chi connectivity index (χ1) is 14.0. The maximum atomic E-state index is 12.4. The lowest BCUT2D eigenvalue weighted by atomic mass is 10.1. The van der Waals surface area contributed by atoms with Gasteiger partial charge in [-0.15, -0.1) is 24.0 Å². The molecule has 0 aliphatic heterocycles. The van der Waals surface area contributed by atoms with Crippen molar-refractivity contribution in [1.29, 1.82) is 0 Å². The van der Waals surface area contributed by atoms with Gasteiger partial charge in [0.2, 0.25) is 0 Å². The van der Waals surface area contributed by atoms with Crippen LogP contribution in [0.25, 0.3) is 0 Å². The van der Waals surface area contributed by atoms with Gasteiger partial charge in [0, 0.05) is 27.2 Å². The van der Waals surface area contributed by atoms with Crippen LogP contribution in [0.15, 0.2) is 47.5 Å². The van der Waals surface area contributed by atoms with Crippen molar-refractivity contribution in [2.24, 2.45) is 4.99 Å². The SMILES string of the molecule is CN=C(NCc1cccc(OC(F)F)c1)N(C)CCc1ccc(OC)c(OC)c1.I. The van der Waals surface area contributed by atoms with E-state index in [2.05, 4.69) is 15.0 Å². The lowest BCUT2D eigenvalue weighted by molar-refractivity contribution is -0.0498. The second-order valence-electron chi connectivity index (χ2n) is 6.29. The number of likely N-dealkylation sites (N-methyl/N-ethyl adjacent to an activating group) is 1. The maximum absolute atomic E-state index is 12.4. The highest BCUT2D eigenvalue weighted by molar-refractivity contribution is 14.0. The average Bonchev–Trinajstić information content (AvgIpc) is 2.72. The number of hydrogen-bond acceptors (Lipinski definition) is 4. The smallest absolute Gasteiger partial charge is 0.387 e. The molecule has 166 valence electrons. The molecule has 0 aliphatic rings. The molecule has 1 N–H and O–H groups in total. The van der Waals surface area contributed by atoms with Crippen molar-refractivity contribution in [2.75, 3.05) is 34.9 Å². The van der Waals surface area contributed by atoms with Crippen molar-refractivity contribution in [2.45, 2.75) is 19.6 Å². The Kier molecular flexibility index (Phi) is 11.2. The fourth-order valence-corrected chi connectivity index (χ4v) is 2.84. The predicted molar refractivity (Wildman–Crippen MR) is 125 cm³/mol. The molecule has 0 aliphatic carbocycles. The first-order valence-electron chi connectivity index (χ1n) is 9.13. The van der Waals surface area contributed by atoms with Crippen LogP contribution in [0.4, 0.5) is 8.78 Å². The molecule has 0 heterocycles. The number of alkyl halides is 2. The average molecular weight is 535 g/mol. The molecule has 0 saturated carbocycles. The molecule has 0 amide bonds. The normalized spacial score (nSPS) is 11.0. The molecule has 2 aromatic rings. The Balaban J connectivity index is 0.00000450. The maximum Gasteiger partial charge on any atom is 0.387 e. The number of ether oxygens (including phenoxy) is 3. The summed E-state index contributed by atoms with van der Waals surface area (Å²) < 4.78 is 39.8. The van der Waals surface area contributed by atoms with E-state index in [9.17, 15) is 8.78 Å². The summed E-state index contributed by atoms with van der Waals surface area (Å²) in [6.07, 6.45) is 0.787. The van der Waals surface area contributed by atoms with Gasteiger partial charge >= 0.3 is 6.61 Å². The van der Waals surface area contributed by atoms with E-state index < -0.39 is 6.61 Å². The van der Waals surface area contributed by atoms with Crippen molar-refractivity contribution < 1.29 is 23.0 Å². The zero-order valence-corrected chi connectivity index (χ0v) is 19.9. The number of aliphatic imine (C=N–C) groups is 1. The highest BCUT2D eigenvalue weighted by atomic mass is 127. The summed E-state index contributed by atoms with van der Waals surface area (Å²) in [5, 5.41) is 3.23. The van der Waals surface area contributed by atoms with Crippen molar-refractivity contribution >= 4 is 29.9 Å². The van der Waals surface area contributed by atoms with Crippen LogP contribution in [-0.4, -0.2) is 52.3 Å². The van der Waals surface area contributed by atoms with Gasteiger partial charge in [-0.05, 0) is 41.8 Å². The lowest BCUT2D eigenvalue weighted by Gasteiger charge is -2.22. The third-order valence-electron chi connectivity index (χ3n) is 4.33. The number of halogens is 3. The van der Waals surface area contributed by atoms with E-state index in [1.165, 1.54) is 6.07 Å². The van der Waals surface area contributed by atoms with Gasteiger partial charge in [0.15, 0.2) is 17.5 Å². The number of rotatable bonds is 9. The van der Waals surface area contributed by atoms with Gasteiger partial charge in [0.1, 0.15) is 5.75 Å². The largest absolute Gasteiger partial charge is 0.493 e. The fraction of sp³-hybridized carbons (Fsp3) is 0.381. The second kappa shape index (κ2) is 13.1. The van der Waals surface area contributed by atoms with E-state index in [4.69, 9.17) is 9.47 Å². The van der Waals surface area contributed by atoms with E-state index in [1.54, 1.807) is 33.4 Å². The molecule has 9 heteroatoms. The number of nitrogens with one attached hydrogen (secondary N) is 1. The molecular weight excluding hydrogens is 507 g/mol. The summed E-state index contributed by atoms with van der Waals surface area (Å²) in [5.41, 5.74) is 1.93. The third-order valence-corrected chi connectivity index (χ3v) is 4.33. The van der Waals surface area contributed by atoms with E-state index in [0.29, 0.717) is 24.0 Å². The highest BCUT2D eigenvalue weighted by Crippen LogP contribution is 2.27. The summed E-state index contributed by atoms with van der Waals surface area (Å²) in [5.74, 6) is 2.22. The predicted octanol–water partition coefficient (Wildman–Crippen LogP) is 4.17. The molecule has 6 nitrogen and oxygen atoms in total. The molecule has 0 fully saturated rings. The number of benzene rings is 2. The Morgan fingerprint density at radius 2 is 1.80 bits per heavy atom. The molecule has 0 aromatic heterocycles. The summed E-state index contributed by atoms with van der Waals surface area (Å²) >= 11 is 0. The minimum absolute atomic E-state index is 0. The Bertz CT molecular complexity index is 822. The fourth-order valence-electron chi connectivity index (χ4n) is 2.84. The first kappa shape index (κ1) is 25.7. The molecule has 0 radical (unpaired) electrons. The standard InChI is InChI=1S/C21H27F2N3O3.HI/c1-24-21(25-14-16-6-5-7-17(12-16)29-20(22)23)26(2)11-10-15-8-9-18(27-3)19(13-15)28-4;/h5-9,12-13,20H,10-11,14H2,1-4H3,(H,24,25);1H. The molecule has 0 spiro atoms.